The second kappa shape index (κ2) is 11.8. The molecule has 0 aliphatic carbocycles. The van der Waals surface area contributed by atoms with Gasteiger partial charge in [-0.3, -0.25) is 0 Å². The topological polar surface area (TPSA) is 0 Å². The van der Waals surface area contributed by atoms with Crippen molar-refractivity contribution in [3.8, 4) is 55.6 Å². The number of fused-ring (bicyclic) bond motifs is 3. The van der Waals surface area contributed by atoms with Gasteiger partial charge in [0.15, 0.2) is 0 Å². The van der Waals surface area contributed by atoms with E-state index in [9.17, 15) is 0 Å². The lowest BCUT2D eigenvalue weighted by Gasteiger charge is -2.21. The first-order chi connectivity index (χ1) is 23.8. The first kappa shape index (κ1) is 28.0. The highest BCUT2D eigenvalue weighted by Crippen LogP contribution is 2.47. The summed E-state index contributed by atoms with van der Waals surface area (Å²) in [4.78, 5) is 0. The third kappa shape index (κ3) is 4.70. The zero-order valence-electron chi connectivity index (χ0n) is 26.5. The molecule has 0 aliphatic rings. The summed E-state index contributed by atoms with van der Waals surface area (Å²) in [5.41, 5.74) is 12.4. The normalized spacial score (nSPS) is 11.3. The van der Waals surface area contributed by atoms with Gasteiger partial charge in [0, 0.05) is 0 Å². The molecule has 0 aliphatic heterocycles. The molecule has 0 unspecified atom stereocenters. The largest absolute Gasteiger partial charge is 0.0622 e. The van der Waals surface area contributed by atoms with E-state index < -0.39 is 0 Å². The predicted octanol–water partition coefficient (Wildman–Crippen LogP) is 13.5. The zero-order chi connectivity index (χ0) is 31.9. The van der Waals surface area contributed by atoms with Gasteiger partial charge in [-0.1, -0.05) is 188 Å². The Balaban J connectivity index is 1.37. The average molecular weight is 609 g/mol. The van der Waals surface area contributed by atoms with Crippen LogP contribution in [0.3, 0.4) is 0 Å². The summed E-state index contributed by atoms with van der Waals surface area (Å²) < 4.78 is 0. The van der Waals surface area contributed by atoms with Crippen LogP contribution in [0.15, 0.2) is 194 Å². The summed E-state index contributed by atoms with van der Waals surface area (Å²) in [6.45, 7) is 0. The molecule has 0 fully saturated rings. The van der Waals surface area contributed by atoms with E-state index in [0.717, 1.165) is 0 Å². The van der Waals surface area contributed by atoms with E-state index in [2.05, 4.69) is 194 Å². The molecular formula is C48H32. The van der Waals surface area contributed by atoms with Gasteiger partial charge in [-0.25, -0.2) is 0 Å². The molecular weight excluding hydrogens is 577 g/mol. The van der Waals surface area contributed by atoms with Gasteiger partial charge in [-0.05, 0) is 94.0 Å². The predicted molar refractivity (Wildman–Crippen MR) is 206 cm³/mol. The van der Waals surface area contributed by atoms with Crippen molar-refractivity contribution in [2.45, 2.75) is 0 Å². The Labute approximate surface area is 281 Å². The number of hydrogen-bond donors (Lipinski definition) is 0. The fourth-order valence-electron chi connectivity index (χ4n) is 7.54. The van der Waals surface area contributed by atoms with Crippen molar-refractivity contribution < 1.29 is 0 Å². The highest BCUT2D eigenvalue weighted by atomic mass is 14.2. The average Bonchev–Trinajstić information content (AvgIpc) is 3.17. The summed E-state index contributed by atoms with van der Waals surface area (Å²) in [6, 6.07) is 70.7. The molecule has 9 aromatic carbocycles. The van der Waals surface area contributed by atoms with Gasteiger partial charge in [0.25, 0.3) is 0 Å². The smallest absolute Gasteiger partial charge is 0.00201 e. The molecule has 0 heterocycles. The van der Waals surface area contributed by atoms with Crippen molar-refractivity contribution in [3.05, 3.63) is 194 Å². The molecule has 0 amide bonds. The summed E-state index contributed by atoms with van der Waals surface area (Å²) in [5.74, 6) is 0. The molecule has 0 bridgehead atoms. The molecule has 9 rings (SSSR count). The van der Waals surface area contributed by atoms with Crippen molar-refractivity contribution in [2.75, 3.05) is 0 Å². The van der Waals surface area contributed by atoms with E-state index in [1.54, 1.807) is 0 Å². The zero-order valence-corrected chi connectivity index (χ0v) is 26.5. The summed E-state index contributed by atoms with van der Waals surface area (Å²) >= 11 is 0. The SMILES string of the molecule is c1ccc(-c2ccccc2-c2c3ccccc3c(-c3ccccc3)c3cc(-c4ccc(-c5ccccc5)c5ccccc45)ccc23)cc1. The van der Waals surface area contributed by atoms with E-state index in [-0.39, 0.29) is 0 Å². The van der Waals surface area contributed by atoms with Crippen LogP contribution >= 0.6 is 0 Å². The fourth-order valence-corrected chi connectivity index (χ4v) is 7.54. The Bertz CT molecular complexity index is 2580. The van der Waals surface area contributed by atoms with E-state index in [1.165, 1.54) is 88.0 Å². The van der Waals surface area contributed by atoms with Crippen LogP contribution in [-0.2, 0) is 0 Å². The van der Waals surface area contributed by atoms with E-state index in [4.69, 9.17) is 0 Å². The standard InChI is InChI=1S/C48H32/c1-4-16-33(17-5-1)37-22-10-13-25-42(37)48-44-27-15-14-26-43(44)47(35-20-8-3-9-21-35)46-32-36(28-29-45(46)48)39-31-30-38(34-18-6-2-7-19-34)40-23-11-12-24-41(39)40/h1-32H. The van der Waals surface area contributed by atoms with E-state index in [0.29, 0.717) is 0 Å². The molecule has 0 atom stereocenters. The van der Waals surface area contributed by atoms with Crippen molar-refractivity contribution in [1.29, 1.82) is 0 Å². The quantitative estimate of drug-likeness (QED) is 0.171. The van der Waals surface area contributed by atoms with Crippen LogP contribution in [-0.4, -0.2) is 0 Å². The summed E-state index contributed by atoms with van der Waals surface area (Å²) in [6.07, 6.45) is 0. The van der Waals surface area contributed by atoms with Crippen molar-refractivity contribution in [2.24, 2.45) is 0 Å². The molecule has 0 N–H and O–H groups in total. The molecule has 0 saturated heterocycles. The highest BCUT2D eigenvalue weighted by molar-refractivity contribution is 6.23. The molecule has 0 spiro atoms. The molecule has 0 heteroatoms. The maximum atomic E-state index is 2.43. The summed E-state index contributed by atoms with van der Waals surface area (Å²) in [5, 5.41) is 7.56. The van der Waals surface area contributed by atoms with Gasteiger partial charge in [0.1, 0.15) is 0 Å². The van der Waals surface area contributed by atoms with Crippen LogP contribution in [0.2, 0.25) is 0 Å². The maximum Gasteiger partial charge on any atom is -0.00201 e. The first-order valence-electron chi connectivity index (χ1n) is 16.6. The molecule has 0 radical (unpaired) electrons. The van der Waals surface area contributed by atoms with Crippen molar-refractivity contribution in [3.63, 3.8) is 0 Å². The maximum absolute atomic E-state index is 2.43. The van der Waals surface area contributed by atoms with Gasteiger partial charge >= 0.3 is 0 Å². The van der Waals surface area contributed by atoms with Crippen LogP contribution in [0.5, 0.6) is 0 Å². The van der Waals surface area contributed by atoms with Gasteiger partial charge in [0.2, 0.25) is 0 Å². The number of hydrogen-bond acceptors (Lipinski definition) is 0. The Morgan fingerprint density at radius 3 is 1.21 bits per heavy atom. The van der Waals surface area contributed by atoms with Crippen LogP contribution in [0.1, 0.15) is 0 Å². The Kier molecular flexibility index (Phi) is 6.91. The molecule has 224 valence electrons. The molecule has 9 aromatic rings. The lowest BCUT2D eigenvalue weighted by Crippen LogP contribution is -1.93. The van der Waals surface area contributed by atoms with E-state index in [1.807, 2.05) is 0 Å². The molecule has 0 saturated carbocycles. The molecule has 0 nitrogen and oxygen atoms in total. The minimum Gasteiger partial charge on any atom is -0.0622 e. The van der Waals surface area contributed by atoms with Gasteiger partial charge in [-0.15, -0.1) is 0 Å². The minimum atomic E-state index is 1.22. The van der Waals surface area contributed by atoms with Gasteiger partial charge in [-0.2, -0.15) is 0 Å². The number of rotatable bonds is 5. The lowest BCUT2D eigenvalue weighted by atomic mass is 9.82. The second-order valence-electron chi connectivity index (χ2n) is 12.4. The number of benzene rings is 9. The first-order valence-corrected chi connectivity index (χ1v) is 16.6. The molecule has 48 heavy (non-hydrogen) atoms. The van der Waals surface area contributed by atoms with Crippen LogP contribution in [0, 0.1) is 0 Å². The Hall–Kier alpha value is -6.24. The van der Waals surface area contributed by atoms with Crippen molar-refractivity contribution in [1.82, 2.24) is 0 Å². The third-order valence-electron chi connectivity index (χ3n) is 9.69. The van der Waals surface area contributed by atoms with Crippen LogP contribution in [0.25, 0.3) is 88.0 Å². The molecule has 0 aromatic heterocycles. The fraction of sp³-hybridized carbons (Fsp3) is 0. The third-order valence-corrected chi connectivity index (χ3v) is 9.69. The summed E-state index contributed by atoms with van der Waals surface area (Å²) in [7, 11) is 0. The van der Waals surface area contributed by atoms with Crippen LogP contribution in [0.4, 0.5) is 0 Å². The van der Waals surface area contributed by atoms with Crippen molar-refractivity contribution >= 4 is 32.3 Å². The van der Waals surface area contributed by atoms with Gasteiger partial charge in [0.05, 0.1) is 0 Å². The Morgan fingerprint density at radius 2 is 0.604 bits per heavy atom. The lowest BCUT2D eigenvalue weighted by molar-refractivity contribution is 1.60. The Morgan fingerprint density at radius 1 is 0.188 bits per heavy atom. The minimum absolute atomic E-state index is 1.22. The van der Waals surface area contributed by atoms with Crippen LogP contribution < -0.4 is 0 Å². The monoisotopic (exact) mass is 608 g/mol. The second-order valence-corrected chi connectivity index (χ2v) is 12.4. The van der Waals surface area contributed by atoms with Gasteiger partial charge < -0.3 is 0 Å². The highest BCUT2D eigenvalue weighted by Gasteiger charge is 2.20. The van der Waals surface area contributed by atoms with E-state index >= 15 is 0 Å².